The first-order chi connectivity index (χ1) is 8.18. The quantitative estimate of drug-likeness (QED) is 0.704. The fourth-order valence-electron chi connectivity index (χ4n) is 1.47. The van der Waals surface area contributed by atoms with Gasteiger partial charge in [-0.05, 0) is 36.6 Å². The van der Waals surface area contributed by atoms with Gasteiger partial charge >= 0.3 is 0 Å². The molecule has 0 fully saturated rings. The average molecular weight is 239 g/mol. The zero-order valence-electron chi connectivity index (χ0n) is 10.7. The number of hydrogen-bond donors (Lipinski definition) is 1. The second-order valence-electron chi connectivity index (χ2n) is 4.60. The molecule has 17 heavy (non-hydrogen) atoms. The first-order valence-corrected chi connectivity index (χ1v) is 6.21. The van der Waals surface area contributed by atoms with Gasteiger partial charge in [0.25, 0.3) is 0 Å². The van der Waals surface area contributed by atoms with Crippen molar-refractivity contribution in [1.82, 2.24) is 5.32 Å². The van der Waals surface area contributed by atoms with Crippen molar-refractivity contribution in [2.45, 2.75) is 20.3 Å². The summed E-state index contributed by atoms with van der Waals surface area (Å²) in [6, 6.07) is 6.65. The molecule has 3 heteroatoms. The number of rotatable bonds is 8. The SMILES string of the molecule is CC(C)COCCNCCc1ccc(F)cc1. The predicted molar refractivity (Wildman–Crippen MR) is 68.6 cm³/mol. The topological polar surface area (TPSA) is 21.3 Å². The van der Waals surface area contributed by atoms with Gasteiger partial charge in [-0.3, -0.25) is 0 Å². The molecule has 0 saturated carbocycles. The van der Waals surface area contributed by atoms with Gasteiger partial charge in [0.05, 0.1) is 6.61 Å². The van der Waals surface area contributed by atoms with Crippen molar-refractivity contribution in [1.29, 1.82) is 0 Å². The number of benzene rings is 1. The van der Waals surface area contributed by atoms with E-state index in [9.17, 15) is 4.39 Å². The second kappa shape index (κ2) is 8.20. The van der Waals surface area contributed by atoms with E-state index in [1.165, 1.54) is 12.1 Å². The van der Waals surface area contributed by atoms with Crippen LogP contribution in [0.25, 0.3) is 0 Å². The number of nitrogens with one attached hydrogen (secondary N) is 1. The Hall–Kier alpha value is -0.930. The maximum absolute atomic E-state index is 12.6. The van der Waals surface area contributed by atoms with Crippen LogP contribution >= 0.6 is 0 Å². The molecule has 0 unspecified atom stereocenters. The average Bonchev–Trinajstić information content (AvgIpc) is 2.30. The molecule has 0 heterocycles. The van der Waals surface area contributed by atoms with Crippen LogP contribution < -0.4 is 5.32 Å². The van der Waals surface area contributed by atoms with Crippen LogP contribution in [-0.2, 0) is 11.2 Å². The Balaban J connectivity index is 1.99. The molecule has 1 aromatic carbocycles. The van der Waals surface area contributed by atoms with Crippen LogP contribution in [0.4, 0.5) is 4.39 Å². The highest BCUT2D eigenvalue weighted by Crippen LogP contribution is 2.02. The van der Waals surface area contributed by atoms with Crippen LogP contribution in [0.5, 0.6) is 0 Å². The minimum atomic E-state index is -0.177. The Bertz CT molecular complexity index is 298. The molecule has 0 amide bonds. The molecule has 2 nitrogen and oxygen atoms in total. The molecular formula is C14H22FNO. The molecule has 96 valence electrons. The van der Waals surface area contributed by atoms with Crippen LogP contribution in [0.2, 0.25) is 0 Å². The van der Waals surface area contributed by atoms with Gasteiger partial charge in [-0.25, -0.2) is 4.39 Å². The second-order valence-corrected chi connectivity index (χ2v) is 4.60. The van der Waals surface area contributed by atoms with Gasteiger partial charge in [0.1, 0.15) is 5.82 Å². The third-order valence-corrected chi connectivity index (χ3v) is 2.38. The monoisotopic (exact) mass is 239 g/mol. The molecule has 1 N–H and O–H groups in total. The highest BCUT2D eigenvalue weighted by Gasteiger charge is 1.95. The summed E-state index contributed by atoms with van der Waals surface area (Å²) >= 11 is 0. The van der Waals surface area contributed by atoms with E-state index >= 15 is 0 Å². The van der Waals surface area contributed by atoms with Gasteiger partial charge in [0.2, 0.25) is 0 Å². The largest absolute Gasteiger partial charge is 0.380 e. The molecule has 1 rings (SSSR count). The fourth-order valence-corrected chi connectivity index (χ4v) is 1.47. The minimum absolute atomic E-state index is 0.177. The number of ether oxygens (including phenoxy) is 1. The molecule has 1 aromatic rings. The zero-order chi connectivity index (χ0) is 12.5. The van der Waals surface area contributed by atoms with Gasteiger partial charge in [-0.15, -0.1) is 0 Å². The lowest BCUT2D eigenvalue weighted by molar-refractivity contribution is 0.112. The summed E-state index contributed by atoms with van der Waals surface area (Å²) in [6.07, 6.45) is 0.921. The predicted octanol–water partition coefficient (Wildman–Crippen LogP) is 2.63. The van der Waals surface area contributed by atoms with Crippen LogP contribution in [0, 0.1) is 11.7 Å². The van der Waals surface area contributed by atoms with Crippen molar-refractivity contribution < 1.29 is 9.13 Å². The first kappa shape index (κ1) is 14.1. The standard InChI is InChI=1S/C14H22FNO/c1-12(2)11-17-10-9-16-8-7-13-3-5-14(15)6-4-13/h3-6,12,16H,7-11H2,1-2H3. The van der Waals surface area contributed by atoms with Crippen molar-refractivity contribution in [2.24, 2.45) is 5.92 Å². The van der Waals surface area contributed by atoms with E-state index in [0.717, 1.165) is 38.3 Å². The Morgan fingerprint density at radius 1 is 1.18 bits per heavy atom. The maximum Gasteiger partial charge on any atom is 0.123 e. The highest BCUT2D eigenvalue weighted by atomic mass is 19.1. The smallest absolute Gasteiger partial charge is 0.123 e. The van der Waals surface area contributed by atoms with Crippen molar-refractivity contribution in [3.63, 3.8) is 0 Å². The Morgan fingerprint density at radius 2 is 1.88 bits per heavy atom. The molecule has 0 spiro atoms. The van der Waals surface area contributed by atoms with Crippen LogP contribution in [0.15, 0.2) is 24.3 Å². The molecule has 0 aromatic heterocycles. The van der Waals surface area contributed by atoms with Crippen LogP contribution in [-0.4, -0.2) is 26.3 Å². The lowest BCUT2D eigenvalue weighted by Gasteiger charge is -2.08. The Kier molecular flexibility index (Phi) is 6.82. The van der Waals surface area contributed by atoms with Crippen LogP contribution in [0.3, 0.4) is 0 Å². The molecule has 0 atom stereocenters. The highest BCUT2D eigenvalue weighted by molar-refractivity contribution is 5.16. The minimum Gasteiger partial charge on any atom is -0.380 e. The molecule has 0 aliphatic carbocycles. The van der Waals surface area contributed by atoms with Gasteiger partial charge in [0.15, 0.2) is 0 Å². The van der Waals surface area contributed by atoms with Crippen molar-refractivity contribution in [2.75, 3.05) is 26.3 Å². The van der Waals surface area contributed by atoms with Crippen molar-refractivity contribution in [3.8, 4) is 0 Å². The van der Waals surface area contributed by atoms with E-state index in [4.69, 9.17) is 4.74 Å². The molecule has 0 aliphatic heterocycles. The van der Waals surface area contributed by atoms with E-state index in [1.807, 2.05) is 12.1 Å². The first-order valence-electron chi connectivity index (χ1n) is 6.21. The summed E-state index contributed by atoms with van der Waals surface area (Å²) < 4.78 is 18.1. The van der Waals surface area contributed by atoms with Crippen molar-refractivity contribution >= 4 is 0 Å². The third kappa shape index (κ3) is 7.08. The van der Waals surface area contributed by atoms with E-state index in [2.05, 4.69) is 19.2 Å². The van der Waals surface area contributed by atoms with E-state index in [0.29, 0.717) is 5.92 Å². The Morgan fingerprint density at radius 3 is 2.53 bits per heavy atom. The maximum atomic E-state index is 12.6. The fraction of sp³-hybridized carbons (Fsp3) is 0.571. The van der Waals surface area contributed by atoms with Crippen LogP contribution in [0.1, 0.15) is 19.4 Å². The molecule has 0 radical (unpaired) electrons. The van der Waals surface area contributed by atoms with Gasteiger partial charge in [-0.1, -0.05) is 26.0 Å². The Labute approximate surface area is 103 Å². The summed E-state index contributed by atoms with van der Waals surface area (Å²) in [7, 11) is 0. The number of hydrogen-bond acceptors (Lipinski definition) is 2. The zero-order valence-corrected chi connectivity index (χ0v) is 10.7. The summed E-state index contributed by atoms with van der Waals surface area (Å²) in [6.45, 7) is 7.62. The molecular weight excluding hydrogens is 217 g/mol. The van der Waals surface area contributed by atoms with Gasteiger partial charge in [0, 0.05) is 13.2 Å². The van der Waals surface area contributed by atoms with Gasteiger partial charge < -0.3 is 10.1 Å². The van der Waals surface area contributed by atoms with E-state index in [-0.39, 0.29) is 5.82 Å². The number of halogens is 1. The van der Waals surface area contributed by atoms with Gasteiger partial charge in [-0.2, -0.15) is 0 Å². The van der Waals surface area contributed by atoms with Crippen molar-refractivity contribution in [3.05, 3.63) is 35.6 Å². The molecule has 0 saturated heterocycles. The summed E-state index contributed by atoms with van der Waals surface area (Å²) in [5.74, 6) is 0.415. The summed E-state index contributed by atoms with van der Waals surface area (Å²) in [4.78, 5) is 0. The summed E-state index contributed by atoms with van der Waals surface area (Å²) in [5.41, 5.74) is 1.15. The van der Waals surface area contributed by atoms with E-state index in [1.54, 1.807) is 0 Å². The lowest BCUT2D eigenvalue weighted by Crippen LogP contribution is -2.23. The molecule has 0 aliphatic rings. The van der Waals surface area contributed by atoms with E-state index < -0.39 is 0 Å². The third-order valence-electron chi connectivity index (χ3n) is 2.38. The summed E-state index contributed by atoms with van der Waals surface area (Å²) in [5, 5.41) is 3.30. The molecule has 0 bridgehead atoms. The lowest BCUT2D eigenvalue weighted by atomic mass is 10.1. The normalized spacial score (nSPS) is 11.1.